The van der Waals surface area contributed by atoms with E-state index in [2.05, 4.69) is 22.3 Å². The Balaban J connectivity index is 1.68. The standard InChI is InChI=1S/C16H20N4O/c1-11-6-12(7-11)9-18-16(21)15-8-14(19-20(15)2)13-4-3-5-17-10-13/h3-5,8,10-12H,6-7,9H2,1-2H3,(H,18,21). The predicted octanol–water partition coefficient (Wildman–Crippen LogP) is 2.26. The van der Waals surface area contributed by atoms with Crippen LogP contribution in [0.3, 0.4) is 0 Å². The number of carbonyl (C=O) groups excluding carboxylic acids is 1. The number of aromatic nitrogens is 3. The minimum absolute atomic E-state index is 0.0558. The van der Waals surface area contributed by atoms with Crippen molar-refractivity contribution in [3.63, 3.8) is 0 Å². The van der Waals surface area contributed by atoms with Crippen molar-refractivity contribution < 1.29 is 4.79 Å². The highest BCUT2D eigenvalue weighted by molar-refractivity contribution is 5.93. The van der Waals surface area contributed by atoms with Gasteiger partial charge >= 0.3 is 0 Å². The average Bonchev–Trinajstić information content (AvgIpc) is 2.85. The molecule has 0 spiro atoms. The Hall–Kier alpha value is -2.17. The molecule has 1 aliphatic rings. The van der Waals surface area contributed by atoms with Crippen molar-refractivity contribution in [3.8, 4) is 11.3 Å². The number of carbonyl (C=O) groups is 1. The van der Waals surface area contributed by atoms with E-state index in [0.717, 1.165) is 23.7 Å². The summed E-state index contributed by atoms with van der Waals surface area (Å²) >= 11 is 0. The van der Waals surface area contributed by atoms with Crippen molar-refractivity contribution >= 4 is 5.91 Å². The van der Waals surface area contributed by atoms with E-state index >= 15 is 0 Å². The van der Waals surface area contributed by atoms with Crippen LogP contribution in [0.4, 0.5) is 0 Å². The van der Waals surface area contributed by atoms with Crippen LogP contribution in [0, 0.1) is 11.8 Å². The zero-order valence-corrected chi connectivity index (χ0v) is 12.4. The van der Waals surface area contributed by atoms with Gasteiger partial charge in [0, 0.05) is 31.5 Å². The second-order valence-electron chi connectivity index (χ2n) is 5.93. The maximum Gasteiger partial charge on any atom is 0.269 e. The average molecular weight is 284 g/mol. The molecule has 1 fully saturated rings. The topological polar surface area (TPSA) is 59.8 Å². The molecule has 0 aromatic carbocycles. The van der Waals surface area contributed by atoms with Crippen molar-refractivity contribution in [3.05, 3.63) is 36.3 Å². The third-order valence-electron chi connectivity index (χ3n) is 4.09. The number of rotatable bonds is 4. The van der Waals surface area contributed by atoms with Gasteiger partial charge < -0.3 is 5.32 Å². The Labute approximate surface area is 124 Å². The Bertz CT molecular complexity index is 629. The third kappa shape index (κ3) is 2.96. The van der Waals surface area contributed by atoms with E-state index in [4.69, 9.17) is 0 Å². The summed E-state index contributed by atoms with van der Waals surface area (Å²) in [5, 5.41) is 7.40. The quantitative estimate of drug-likeness (QED) is 0.937. The normalized spacial score (nSPS) is 20.9. The van der Waals surface area contributed by atoms with Crippen LogP contribution in [0.2, 0.25) is 0 Å². The number of amides is 1. The van der Waals surface area contributed by atoms with Crippen molar-refractivity contribution in [1.29, 1.82) is 0 Å². The molecule has 21 heavy (non-hydrogen) atoms. The van der Waals surface area contributed by atoms with Crippen LogP contribution in [0.15, 0.2) is 30.6 Å². The fourth-order valence-corrected chi connectivity index (χ4v) is 2.90. The van der Waals surface area contributed by atoms with Gasteiger partial charge in [0.15, 0.2) is 0 Å². The minimum Gasteiger partial charge on any atom is -0.350 e. The van der Waals surface area contributed by atoms with Crippen LogP contribution in [-0.2, 0) is 7.05 Å². The number of aryl methyl sites for hydroxylation is 1. The maximum absolute atomic E-state index is 12.2. The smallest absolute Gasteiger partial charge is 0.269 e. The summed E-state index contributed by atoms with van der Waals surface area (Å²) in [5.41, 5.74) is 2.27. The van der Waals surface area contributed by atoms with E-state index in [1.54, 1.807) is 24.1 Å². The summed E-state index contributed by atoms with van der Waals surface area (Å²) in [6, 6.07) is 5.62. The zero-order chi connectivity index (χ0) is 14.8. The molecule has 5 heteroatoms. The fourth-order valence-electron chi connectivity index (χ4n) is 2.90. The minimum atomic E-state index is -0.0558. The Morgan fingerprint density at radius 2 is 2.29 bits per heavy atom. The molecule has 3 rings (SSSR count). The van der Waals surface area contributed by atoms with E-state index in [-0.39, 0.29) is 5.91 Å². The molecule has 0 atom stereocenters. The molecule has 1 amide bonds. The largest absolute Gasteiger partial charge is 0.350 e. The van der Waals surface area contributed by atoms with Gasteiger partial charge in [-0.05, 0) is 42.9 Å². The highest BCUT2D eigenvalue weighted by Crippen LogP contribution is 2.32. The summed E-state index contributed by atoms with van der Waals surface area (Å²) < 4.78 is 1.63. The molecule has 0 unspecified atom stereocenters. The van der Waals surface area contributed by atoms with Crippen LogP contribution < -0.4 is 5.32 Å². The lowest BCUT2D eigenvalue weighted by Gasteiger charge is -2.32. The number of hydrogen-bond acceptors (Lipinski definition) is 3. The maximum atomic E-state index is 12.2. The predicted molar refractivity (Wildman–Crippen MR) is 80.7 cm³/mol. The Morgan fingerprint density at radius 1 is 1.48 bits per heavy atom. The second kappa shape index (κ2) is 5.68. The van der Waals surface area contributed by atoms with Gasteiger partial charge in [-0.15, -0.1) is 0 Å². The van der Waals surface area contributed by atoms with Crippen molar-refractivity contribution in [2.75, 3.05) is 6.54 Å². The van der Waals surface area contributed by atoms with Crippen molar-refractivity contribution in [2.45, 2.75) is 19.8 Å². The lowest BCUT2D eigenvalue weighted by molar-refractivity contribution is 0.0918. The SMILES string of the molecule is CC1CC(CNC(=O)c2cc(-c3cccnc3)nn2C)C1. The first-order chi connectivity index (χ1) is 10.1. The molecular formula is C16H20N4O. The van der Waals surface area contributed by atoms with Gasteiger partial charge in [-0.3, -0.25) is 14.5 Å². The Morgan fingerprint density at radius 3 is 2.95 bits per heavy atom. The van der Waals surface area contributed by atoms with Gasteiger partial charge in [0.1, 0.15) is 5.69 Å². The summed E-state index contributed by atoms with van der Waals surface area (Å²) in [6.07, 6.45) is 5.90. The molecule has 5 nitrogen and oxygen atoms in total. The first-order valence-electron chi connectivity index (χ1n) is 7.36. The van der Waals surface area contributed by atoms with Gasteiger partial charge in [0.05, 0.1) is 5.69 Å². The van der Waals surface area contributed by atoms with Gasteiger partial charge in [-0.25, -0.2) is 0 Å². The number of nitrogens with one attached hydrogen (secondary N) is 1. The second-order valence-corrected chi connectivity index (χ2v) is 5.93. The highest BCUT2D eigenvalue weighted by atomic mass is 16.2. The zero-order valence-electron chi connectivity index (χ0n) is 12.4. The molecule has 1 aliphatic carbocycles. The number of pyridine rings is 1. The van der Waals surface area contributed by atoms with Gasteiger partial charge in [-0.1, -0.05) is 6.92 Å². The number of nitrogens with zero attached hydrogens (tertiary/aromatic N) is 3. The first kappa shape index (κ1) is 13.8. The van der Waals surface area contributed by atoms with E-state index in [1.807, 2.05) is 18.2 Å². The van der Waals surface area contributed by atoms with Crippen LogP contribution >= 0.6 is 0 Å². The Kier molecular flexibility index (Phi) is 3.73. The first-order valence-corrected chi connectivity index (χ1v) is 7.36. The van der Waals surface area contributed by atoms with Crippen molar-refractivity contribution in [2.24, 2.45) is 18.9 Å². The van der Waals surface area contributed by atoms with Gasteiger partial charge in [0.25, 0.3) is 5.91 Å². The summed E-state index contributed by atoms with van der Waals surface area (Å²) in [7, 11) is 1.79. The molecule has 1 N–H and O–H groups in total. The molecule has 0 aliphatic heterocycles. The summed E-state index contributed by atoms with van der Waals surface area (Å²) in [4.78, 5) is 16.3. The number of hydrogen-bond donors (Lipinski definition) is 1. The monoisotopic (exact) mass is 284 g/mol. The molecule has 2 heterocycles. The van der Waals surface area contributed by atoms with E-state index in [9.17, 15) is 4.79 Å². The van der Waals surface area contributed by atoms with Crippen LogP contribution in [0.1, 0.15) is 30.3 Å². The van der Waals surface area contributed by atoms with Crippen molar-refractivity contribution in [1.82, 2.24) is 20.1 Å². The highest BCUT2D eigenvalue weighted by Gasteiger charge is 2.26. The van der Waals surface area contributed by atoms with E-state index in [1.165, 1.54) is 12.8 Å². The molecule has 2 aromatic heterocycles. The molecule has 0 saturated heterocycles. The van der Waals surface area contributed by atoms with Gasteiger partial charge in [-0.2, -0.15) is 5.10 Å². The van der Waals surface area contributed by atoms with Crippen LogP contribution in [-0.4, -0.2) is 27.2 Å². The molecular weight excluding hydrogens is 264 g/mol. The van der Waals surface area contributed by atoms with E-state index in [0.29, 0.717) is 11.6 Å². The lowest BCUT2D eigenvalue weighted by Crippen LogP contribution is -2.35. The molecule has 2 aromatic rings. The molecule has 0 radical (unpaired) electrons. The summed E-state index contributed by atoms with van der Waals surface area (Å²) in [5.74, 6) is 1.38. The molecule has 110 valence electrons. The van der Waals surface area contributed by atoms with Crippen LogP contribution in [0.25, 0.3) is 11.3 Å². The molecule has 1 saturated carbocycles. The molecule has 0 bridgehead atoms. The fraction of sp³-hybridized carbons (Fsp3) is 0.438. The van der Waals surface area contributed by atoms with E-state index < -0.39 is 0 Å². The lowest BCUT2D eigenvalue weighted by atomic mass is 9.76. The van der Waals surface area contributed by atoms with Gasteiger partial charge in [0.2, 0.25) is 0 Å². The summed E-state index contributed by atoms with van der Waals surface area (Å²) in [6.45, 7) is 3.01. The van der Waals surface area contributed by atoms with Crippen LogP contribution in [0.5, 0.6) is 0 Å². The third-order valence-corrected chi connectivity index (χ3v) is 4.09.